The SMILES string of the molecule is CN(c1nc(-c2ccc(F)cc2)c(C#N)s1)c1c2c(nc3c(F)cc(N4CCN(CC(=O)N5CC(O)C5)CC4)cc13)CCN2. The summed E-state index contributed by atoms with van der Waals surface area (Å²) in [5, 5.41) is 24.0. The average Bonchev–Trinajstić information content (AvgIpc) is 3.66. The smallest absolute Gasteiger partial charge is 0.236 e. The number of fused-ring (bicyclic) bond motifs is 2. The number of nitrogens with zero attached hydrogens (tertiary/aromatic N) is 7. The summed E-state index contributed by atoms with van der Waals surface area (Å²) >= 11 is 1.22. The lowest BCUT2D eigenvalue weighted by atomic mass is 10.1. The molecule has 10 nitrogen and oxygen atoms in total. The number of likely N-dealkylation sites (tertiary alicyclic amines) is 1. The summed E-state index contributed by atoms with van der Waals surface area (Å²) in [7, 11) is 1.85. The number of nitrogens with one attached hydrogen (secondary N) is 1. The fourth-order valence-corrected chi connectivity index (χ4v) is 6.94. The lowest BCUT2D eigenvalue weighted by molar-refractivity contribution is -0.142. The fourth-order valence-electron chi connectivity index (χ4n) is 6.09. The Hall–Kier alpha value is -4.38. The number of β-amino-alcohol motifs (C(OH)–C–C–N with tert-alkyl or cyclic N) is 1. The van der Waals surface area contributed by atoms with Gasteiger partial charge >= 0.3 is 0 Å². The van der Waals surface area contributed by atoms with Gasteiger partial charge < -0.3 is 25.1 Å². The molecule has 0 unspecified atom stereocenters. The number of hydrogen-bond donors (Lipinski definition) is 2. The van der Waals surface area contributed by atoms with E-state index in [4.69, 9.17) is 9.97 Å². The van der Waals surface area contributed by atoms with Crippen molar-refractivity contribution in [2.45, 2.75) is 12.5 Å². The molecule has 5 heterocycles. The molecule has 4 aromatic rings. The van der Waals surface area contributed by atoms with Gasteiger partial charge in [0.1, 0.15) is 28.0 Å². The molecule has 2 aromatic heterocycles. The van der Waals surface area contributed by atoms with Crippen molar-refractivity contribution in [1.82, 2.24) is 19.8 Å². The molecule has 0 aliphatic carbocycles. The number of halogens is 2. The normalized spacial score (nSPS) is 16.9. The van der Waals surface area contributed by atoms with E-state index in [2.05, 4.69) is 21.2 Å². The number of nitriles is 1. The van der Waals surface area contributed by atoms with Crippen LogP contribution in [0.15, 0.2) is 36.4 Å². The van der Waals surface area contributed by atoms with E-state index in [0.717, 1.165) is 22.8 Å². The Morgan fingerprint density at radius 3 is 2.61 bits per heavy atom. The van der Waals surface area contributed by atoms with Crippen LogP contribution in [0.25, 0.3) is 22.2 Å². The summed E-state index contributed by atoms with van der Waals surface area (Å²) in [4.78, 5) is 30.1. The van der Waals surface area contributed by atoms with E-state index in [0.29, 0.717) is 85.4 Å². The number of anilines is 4. The molecule has 3 aliphatic heterocycles. The first kappa shape index (κ1) is 28.4. The van der Waals surface area contributed by atoms with Gasteiger partial charge in [-0.15, -0.1) is 0 Å². The van der Waals surface area contributed by atoms with Crippen LogP contribution in [-0.4, -0.2) is 96.3 Å². The van der Waals surface area contributed by atoms with Gasteiger partial charge in [-0.3, -0.25) is 9.69 Å². The van der Waals surface area contributed by atoms with Crippen LogP contribution >= 0.6 is 11.3 Å². The van der Waals surface area contributed by atoms with Crippen molar-refractivity contribution in [1.29, 1.82) is 5.26 Å². The molecule has 0 bridgehead atoms. The van der Waals surface area contributed by atoms with E-state index in [1.165, 1.54) is 29.5 Å². The van der Waals surface area contributed by atoms with Crippen LogP contribution in [0.3, 0.4) is 0 Å². The second-order valence-corrected chi connectivity index (χ2v) is 12.3. The van der Waals surface area contributed by atoms with Crippen LogP contribution in [0.5, 0.6) is 0 Å². The summed E-state index contributed by atoms with van der Waals surface area (Å²) in [6, 6.07) is 11.6. The molecule has 3 aliphatic rings. The molecule has 0 saturated carbocycles. The summed E-state index contributed by atoms with van der Waals surface area (Å²) in [5.74, 6) is -0.769. The molecule has 0 spiro atoms. The van der Waals surface area contributed by atoms with Crippen LogP contribution in [0.1, 0.15) is 10.6 Å². The average molecular weight is 617 g/mol. The second kappa shape index (κ2) is 11.3. The summed E-state index contributed by atoms with van der Waals surface area (Å²) in [5.41, 5.74) is 4.42. The number of aliphatic hydroxyl groups is 1. The molecular weight excluding hydrogens is 586 g/mol. The van der Waals surface area contributed by atoms with Gasteiger partial charge in [-0.25, -0.2) is 18.7 Å². The first-order valence-corrected chi connectivity index (χ1v) is 15.3. The van der Waals surface area contributed by atoms with Crippen molar-refractivity contribution < 1.29 is 18.7 Å². The summed E-state index contributed by atoms with van der Waals surface area (Å²) in [6.45, 7) is 4.33. The first-order valence-electron chi connectivity index (χ1n) is 14.5. The fraction of sp³-hybridized carbons (Fsp3) is 0.355. The largest absolute Gasteiger partial charge is 0.389 e. The van der Waals surface area contributed by atoms with Crippen molar-refractivity contribution in [3.8, 4) is 17.3 Å². The molecule has 0 radical (unpaired) electrons. The predicted molar refractivity (Wildman–Crippen MR) is 165 cm³/mol. The number of carbonyl (C=O) groups is 1. The molecule has 2 fully saturated rings. The lowest BCUT2D eigenvalue weighted by Gasteiger charge is -2.39. The van der Waals surface area contributed by atoms with Gasteiger partial charge in [-0.2, -0.15) is 5.26 Å². The highest BCUT2D eigenvalue weighted by atomic mass is 32.1. The lowest BCUT2D eigenvalue weighted by Crippen LogP contribution is -2.57. The second-order valence-electron chi connectivity index (χ2n) is 11.4. The quantitative estimate of drug-likeness (QED) is 0.336. The third-order valence-electron chi connectivity index (χ3n) is 8.51. The number of aromatic nitrogens is 2. The van der Waals surface area contributed by atoms with E-state index in [-0.39, 0.29) is 17.2 Å². The highest BCUT2D eigenvalue weighted by Crippen LogP contribution is 2.45. The minimum Gasteiger partial charge on any atom is -0.389 e. The predicted octanol–water partition coefficient (Wildman–Crippen LogP) is 3.57. The third-order valence-corrected chi connectivity index (χ3v) is 9.54. The number of pyridine rings is 1. The van der Waals surface area contributed by atoms with Gasteiger partial charge in [-0.05, 0) is 36.4 Å². The van der Waals surface area contributed by atoms with E-state index in [1.807, 2.05) is 18.0 Å². The number of piperazine rings is 1. The Morgan fingerprint density at radius 1 is 1.16 bits per heavy atom. The zero-order valence-corrected chi connectivity index (χ0v) is 24.9. The van der Waals surface area contributed by atoms with Crippen molar-refractivity contribution >= 4 is 50.3 Å². The Bertz CT molecular complexity index is 1790. The number of thiazole rings is 1. The van der Waals surface area contributed by atoms with Crippen molar-refractivity contribution in [3.05, 3.63) is 58.6 Å². The maximum atomic E-state index is 15.8. The van der Waals surface area contributed by atoms with Crippen molar-refractivity contribution in [2.75, 3.05) is 74.5 Å². The number of hydrogen-bond acceptors (Lipinski definition) is 10. The highest BCUT2D eigenvalue weighted by Gasteiger charge is 2.31. The molecule has 0 atom stereocenters. The standard InChI is InChI=1S/C31H30F2N8O2S/c1-38(31-37-27(25(14-34)44-31)18-2-4-19(32)5-3-18)30-22-12-20(13-23(33)28(22)36-24-6-7-35-29(24)30)40-10-8-39(9-11-40)17-26(43)41-15-21(42)16-41/h2-5,12-13,21,35,42H,6-11,15-17H2,1H3. The molecule has 226 valence electrons. The topological polar surface area (TPSA) is 112 Å². The van der Waals surface area contributed by atoms with Crippen LogP contribution in [0, 0.1) is 23.0 Å². The molecule has 1 amide bonds. The van der Waals surface area contributed by atoms with Gasteiger partial charge in [0.15, 0.2) is 10.9 Å². The zero-order valence-electron chi connectivity index (χ0n) is 24.1. The first-order chi connectivity index (χ1) is 21.3. The van der Waals surface area contributed by atoms with Crippen molar-refractivity contribution in [3.63, 3.8) is 0 Å². The molecule has 7 rings (SSSR count). The Kier molecular flexibility index (Phi) is 7.28. The highest BCUT2D eigenvalue weighted by molar-refractivity contribution is 7.16. The maximum Gasteiger partial charge on any atom is 0.236 e. The number of aliphatic hydroxyl groups excluding tert-OH is 1. The Labute approximate surface area is 256 Å². The minimum absolute atomic E-state index is 0.0185. The zero-order chi connectivity index (χ0) is 30.5. The Balaban J connectivity index is 1.20. The summed E-state index contributed by atoms with van der Waals surface area (Å²) in [6.07, 6.45) is 0.237. The molecule has 2 aromatic carbocycles. The van der Waals surface area contributed by atoms with Crippen LogP contribution in [-0.2, 0) is 11.2 Å². The molecule has 44 heavy (non-hydrogen) atoms. The van der Waals surface area contributed by atoms with Gasteiger partial charge in [0.05, 0.1) is 29.7 Å². The maximum absolute atomic E-state index is 15.8. The third kappa shape index (κ3) is 5.08. The van der Waals surface area contributed by atoms with Crippen LogP contribution in [0.4, 0.5) is 31.0 Å². The minimum atomic E-state index is -0.422. The van der Waals surface area contributed by atoms with Crippen LogP contribution in [0.2, 0.25) is 0 Å². The van der Waals surface area contributed by atoms with E-state index >= 15 is 4.39 Å². The number of rotatable bonds is 6. The van der Waals surface area contributed by atoms with Crippen LogP contribution < -0.4 is 15.1 Å². The molecular formula is C31H30F2N8O2S. The monoisotopic (exact) mass is 616 g/mol. The molecule has 2 N–H and O–H groups in total. The van der Waals surface area contributed by atoms with Gasteiger partial charge in [-0.1, -0.05) is 11.3 Å². The molecule has 13 heteroatoms. The molecule has 2 saturated heterocycles. The van der Waals surface area contributed by atoms with Gasteiger partial charge in [0.2, 0.25) is 5.91 Å². The van der Waals surface area contributed by atoms with E-state index < -0.39 is 11.9 Å². The Morgan fingerprint density at radius 2 is 1.91 bits per heavy atom. The number of amides is 1. The summed E-state index contributed by atoms with van der Waals surface area (Å²) < 4.78 is 29.4. The number of carbonyl (C=O) groups excluding carboxylic acids is 1. The number of benzene rings is 2. The van der Waals surface area contributed by atoms with E-state index in [1.54, 1.807) is 17.0 Å². The van der Waals surface area contributed by atoms with Crippen molar-refractivity contribution in [2.24, 2.45) is 0 Å². The van der Waals surface area contributed by atoms with Gasteiger partial charge in [0.25, 0.3) is 0 Å². The van der Waals surface area contributed by atoms with Gasteiger partial charge in [0, 0.05) is 75.9 Å². The van der Waals surface area contributed by atoms with E-state index in [9.17, 15) is 19.6 Å².